The lowest BCUT2D eigenvalue weighted by Gasteiger charge is -2.18. The molecular weight excluding hydrogens is 146 g/mol. The van der Waals surface area contributed by atoms with Crippen LogP contribution in [0.5, 0.6) is 0 Å². The SMILES string of the molecule is COC1NC=CC=C1C(=O)O. The molecule has 0 aromatic heterocycles. The quantitative estimate of drug-likeness (QED) is 0.593. The van der Waals surface area contributed by atoms with Crippen LogP contribution in [0, 0.1) is 0 Å². The lowest BCUT2D eigenvalue weighted by molar-refractivity contribution is -0.134. The van der Waals surface area contributed by atoms with E-state index in [-0.39, 0.29) is 5.57 Å². The molecule has 1 unspecified atom stereocenters. The van der Waals surface area contributed by atoms with Gasteiger partial charge in [-0.05, 0) is 18.4 Å². The summed E-state index contributed by atoms with van der Waals surface area (Å²) in [5.74, 6) is -0.964. The summed E-state index contributed by atoms with van der Waals surface area (Å²) in [6.45, 7) is 0. The van der Waals surface area contributed by atoms with Gasteiger partial charge in [-0.1, -0.05) is 0 Å². The molecule has 0 fully saturated rings. The molecule has 0 saturated heterocycles. The molecule has 11 heavy (non-hydrogen) atoms. The maximum Gasteiger partial charge on any atom is 0.336 e. The number of hydrogen-bond acceptors (Lipinski definition) is 3. The summed E-state index contributed by atoms with van der Waals surface area (Å²) in [5.41, 5.74) is 0.218. The van der Waals surface area contributed by atoms with Crippen LogP contribution in [0.4, 0.5) is 0 Å². The average Bonchev–Trinajstić information content (AvgIpc) is 2.04. The molecule has 1 rings (SSSR count). The Morgan fingerprint density at radius 1 is 1.82 bits per heavy atom. The number of ether oxygens (including phenoxy) is 1. The number of dihydropyridines is 1. The Balaban J connectivity index is 2.78. The first-order valence-electron chi connectivity index (χ1n) is 3.14. The number of nitrogens with one attached hydrogen (secondary N) is 1. The third kappa shape index (κ3) is 1.59. The maximum absolute atomic E-state index is 10.5. The largest absolute Gasteiger partial charge is 0.478 e. The van der Waals surface area contributed by atoms with Gasteiger partial charge >= 0.3 is 5.97 Å². The van der Waals surface area contributed by atoms with Crippen molar-refractivity contribution in [2.45, 2.75) is 6.23 Å². The highest BCUT2D eigenvalue weighted by Gasteiger charge is 2.19. The summed E-state index contributed by atoms with van der Waals surface area (Å²) in [4.78, 5) is 10.5. The highest BCUT2D eigenvalue weighted by molar-refractivity contribution is 5.88. The van der Waals surface area contributed by atoms with Gasteiger partial charge in [0.25, 0.3) is 0 Å². The van der Waals surface area contributed by atoms with Gasteiger partial charge in [0, 0.05) is 7.11 Å². The minimum absolute atomic E-state index is 0.218. The van der Waals surface area contributed by atoms with Crippen molar-refractivity contribution in [3.8, 4) is 0 Å². The Labute approximate surface area is 64.2 Å². The van der Waals surface area contributed by atoms with Gasteiger partial charge in [0.2, 0.25) is 0 Å². The first-order chi connectivity index (χ1) is 5.25. The van der Waals surface area contributed by atoms with E-state index in [1.165, 1.54) is 13.2 Å². The van der Waals surface area contributed by atoms with Gasteiger partial charge in [0.15, 0.2) is 6.23 Å². The normalized spacial score (nSPS) is 22.3. The molecule has 60 valence electrons. The van der Waals surface area contributed by atoms with Crippen LogP contribution >= 0.6 is 0 Å². The summed E-state index contributed by atoms with van der Waals surface area (Å²) in [7, 11) is 1.45. The number of carboxylic acid groups (broad SMARTS) is 1. The summed E-state index contributed by atoms with van der Waals surface area (Å²) in [6, 6.07) is 0. The fourth-order valence-corrected chi connectivity index (χ4v) is 0.850. The van der Waals surface area contributed by atoms with E-state index in [2.05, 4.69) is 5.32 Å². The van der Waals surface area contributed by atoms with Crippen molar-refractivity contribution < 1.29 is 14.6 Å². The fraction of sp³-hybridized carbons (Fsp3) is 0.286. The van der Waals surface area contributed by atoms with E-state index in [1.54, 1.807) is 12.3 Å². The third-order valence-corrected chi connectivity index (χ3v) is 1.38. The van der Waals surface area contributed by atoms with E-state index in [1.807, 2.05) is 0 Å². The summed E-state index contributed by atoms with van der Waals surface area (Å²) >= 11 is 0. The van der Waals surface area contributed by atoms with Crippen molar-refractivity contribution in [3.63, 3.8) is 0 Å². The van der Waals surface area contributed by atoms with Gasteiger partial charge in [-0.3, -0.25) is 0 Å². The van der Waals surface area contributed by atoms with Crippen molar-refractivity contribution in [1.29, 1.82) is 0 Å². The molecule has 0 amide bonds. The Hall–Kier alpha value is -1.29. The second-order valence-corrected chi connectivity index (χ2v) is 2.07. The van der Waals surface area contributed by atoms with Gasteiger partial charge in [-0.15, -0.1) is 0 Å². The van der Waals surface area contributed by atoms with Crippen molar-refractivity contribution >= 4 is 5.97 Å². The average molecular weight is 155 g/mol. The molecular formula is C7H9NO3. The lowest BCUT2D eigenvalue weighted by Crippen LogP contribution is -2.33. The van der Waals surface area contributed by atoms with E-state index in [0.717, 1.165) is 0 Å². The topological polar surface area (TPSA) is 58.6 Å². The van der Waals surface area contributed by atoms with Crippen LogP contribution in [0.25, 0.3) is 0 Å². The molecule has 4 nitrogen and oxygen atoms in total. The molecule has 0 bridgehead atoms. The Kier molecular flexibility index (Phi) is 2.28. The van der Waals surface area contributed by atoms with Gasteiger partial charge < -0.3 is 15.2 Å². The van der Waals surface area contributed by atoms with Crippen LogP contribution in [-0.4, -0.2) is 24.4 Å². The fourth-order valence-electron chi connectivity index (χ4n) is 0.850. The van der Waals surface area contributed by atoms with Crippen LogP contribution in [0.3, 0.4) is 0 Å². The predicted molar refractivity (Wildman–Crippen MR) is 38.8 cm³/mol. The molecule has 0 aromatic carbocycles. The number of methoxy groups -OCH3 is 1. The van der Waals surface area contributed by atoms with Crippen molar-refractivity contribution in [3.05, 3.63) is 23.9 Å². The first-order valence-corrected chi connectivity index (χ1v) is 3.14. The third-order valence-electron chi connectivity index (χ3n) is 1.38. The molecule has 0 aromatic rings. The molecule has 0 aliphatic carbocycles. The van der Waals surface area contributed by atoms with Crippen molar-refractivity contribution in [1.82, 2.24) is 5.32 Å². The van der Waals surface area contributed by atoms with Crippen LogP contribution in [0.1, 0.15) is 0 Å². The molecule has 0 radical (unpaired) electrons. The Bertz CT molecular complexity index is 220. The second-order valence-electron chi connectivity index (χ2n) is 2.07. The van der Waals surface area contributed by atoms with E-state index in [4.69, 9.17) is 9.84 Å². The smallest absolute Gasteiger partial charge is 0.336 e. The predicted octanol–water partition coefficient (Wildman–Crippen LogP) is 0.0868. The summed E-state index contributed by atoms with van der Waals surface area (Å²) in [6.07, 6.45) is 4.24. The van der Waals surface area contributed by atoms with E-state index in [0.29, 0.717) is 0 Å². The Morgan fingerprint density at radius 3 is 3.00 bits per heavy atom. The molecule has 2 N–H and O–H groups in total. The number of hydrogen-bond donors (Lipinski definition) is 2. The standard InChI is InChI=1S/C7H9NO3/c1-11-6-5(7(9)10)3-2-4-8-6/h2-4,6,8H,1H3,(H,9,10). The van der Waals surface area contributed by atoms with Crippen LogP contribution in [-0.2, 0) is 9.53 Å². The zero-order valence-electron chi connectivity index (χ0n) is 6.07. The lowest BCUT2D eigenvalue weighted by atomic mass is 10.2. The number of allylic oxidation sites excluding steroid dienone is 2. The monoisotopic (exact) mass is 155 g/mol. The minimum Gasteiger partial charge on any atom is -0.478 e. The van der Waals surface area contributed by atoms with Gasteiger partial charge in [0.05, 0.1) is 5.57 Å². The van der Waals surface area contributed by atoms with Crippen molar-refractivity contribution in [2.24, 2.45) is 0 Å². The molecule has 1 aliphatic rings. The van der Waals surface area contributed by atoms with E-state index >= 15 is 0 Å². The zero-order valence-corrected chi connectivity index (χ0v) is 6.07. The second kappa shape index (κ2) is 3.21. The number of rotatable bonds is 2. The Morgan fingerprint density at radius 2 is 2.55 bits per heavy atom. The van der Waals surface area contributed by atoms with Crippen LogP contribution < -0.4 is 5.32 Å². The molecule has 0 saturated carbocycles. The van der Waals surface area contributed by atoms with Crippen molar-refractivity contribution in [2.75, 3.05) is 7.11 Å². The highest BCUT2D eigenvalue weighted by Crippen LogP contribution is 2.07. The van der Waals surface area contributed by atoms with E-state index in [9.17, 15) is 4.79 Å². The molecule has 1 aliphatic heterocycles. The molecule has 4 heteroatoms. The van der Waals surface area contributed by atoms with Gasteiger partial charge in [-0.25, -0.2) is 4.79 Å². The van der Waals surface area contributed by atoms with Gasteiger partial charge in [-0.2, -0.15) is 0 Å². The van der Waals surface area contributed by atoms with E-state index < -0.39 is 12.2 Å². The number of aliphatic carboxylic acids is 1. The summed E-state index contributed by atoms with van der Waals surface area (Å²) < 4.78 is 4.85. The van der Waals surface area contributed by atoms with Crippen LogP contribution in [0.2, 0.25) is 0 Å². The molecule has 1 atom stereocenters. The minimum atomic E-state index is -0.964. The first kappa shape index (κ1) is 7.81. The molecule has 1 heterocycles. The number of carbonyl (C=O) groups is 1. The number of carboxylic acids is 1. The van der Waals surface area contributed by atoms with Gasteiger partial charge in [0.1, 0.15) is 0 Å². The van der Waals surface area contributed by atoms with Crippen LogP contribution in [0.15, 0.2) is 23.9 Å². The molecule has 0 spiro atoms. The maximum atomic E-state index is 10.5. The zero-order chi connectivity index (χ0) is 8.27. The summed E-state index contributed by atoms with van der Waals surface area (Å²) in [5, 5.41) is 11.4. The highest BCUT2D eigenvalue weighted by atomic mass is 16.5.